The minimum atomic E-state index is -0.419. The molecule has 0 aliphatic heterocycles. The fraction of sp³-hybridized carbons (Fsp3) is 0.176. The summed E-state index contributed by atoms with van der Waals surface area (Å²) in [4.78, 5) is 12.1. The number of rotatable bonds is 6. The van der Waals surface area contributed by atoms with E-state index in [1.807, 2.05) is 6.92 Å². The van der Waals surface area contributed by atoms with Gasteiger partial charge in [0.15, 0.2) is 16.6 Å². The van der Waals surface area contributed by atoms with Crippen LogP contribution in [0.25, 0.3) is 0 Å². The van der Waals surface area contributed by atoms with Gasteiger partial charge < -0.3 is 15.2 Å². The summed E-state index contributed by atoms with van der Waals surface area (Å²) in [5.41, 5.74) is 6.38. The zero-order chi connectivity index (χ0) is 19.3. The van der Waals surface area contributed by atoms with Crippen LogP contribution in [0, 0.1) is 3.57 Å². The van der Waals surface area contributed by atoms with Crippen molar-refractivity contribution in [3.05, 3.63) is 55.1 Å². The Kier molecular flexibility index (Phi) is 7.75. The fourth-order valence-corrected chi connectivity index (χ4v) is 3.46. The van der Waals surface area contributed by atoms with E-state index in [4.69, 9.17) is 50.6 Å². The predicted molar refractivity (Wildman–Crippen MR) is 115 cm³/mol. The molecule has 0 aliphatic carbocycles. The summed E-state index contributed by atoms with van der Waals surface area (Å²) in [7, 11) is 0. The minimum absolute atomic E-state index is 0.100. The number of nitrogens with one attached hydrogen (secondary N) is 1. The van der Waals surface area contributed by atoms with Crippen molar-refractivity contribution in [1.82, 2.24) is 5.32 Å². The van der Waals surface area contributed by atoms with Crippen LogP contribution in [-0.2, 0) is 6.61 Å². The number of hydrogen-bond donors (Lipinski definition) is 2. The lowest BCUT2D eigenvalue weighted by atomic mass is 10.2. The van der Waals surface area contributed by atoms with E-state index >= 15 is 0 Å². The van der Waals surface area contributed by atoms with Gasteiger partial charge in [0.05, 0.1) is 10.2 Å². The fourth-order valence-electron chi connectivity index (χ4n) is 2.10. The van der Waals surface area contributed by atoms with Gasteiger partial charge in [-0.1, -0.05) is 29.3 Å². The van der Waals surface area contributed by atoms with Crippen LogP contribution in [0.5, 0.6) is 11.5 Å². The Morgan fingerprint density at radius 1 is 1.27 bits per heavy atom. The van der Waals surface area contributed by atoms with E-state index in [1.165, 1.54) is 0 Å². The van der Waals surface area contributed by atoms with E-state index in [9.17, 15) is 4.79 Å². The molecular formula is C17H15Cl2IN2O3S. The van der Waals surface area contributed by atoms with Crippen LogP contribution >= 0.6 is 58.0 Å². The molecule has 2 aromatic rings. The summed E-state index contributed by atoms with van der Waals surface area (Å²) in [5, 5.41) is 3.31. The second kappa shape index (κ2) is 9.59. The number of benzene rings is 2. The number of carbonyl (C=O) groups excluding carboxylic acids is 1. The molecule has 2 rings (SSSR count). The molecule has 0 atom stereocenters. The van der Waals surface area contributed by atoms with Crippen molar-refractivity contribution < 1.29 is 14.3 Å². The Labute approximate surface area is 180 Å². The van der Waals surface area contributed by atoms with Crippen LogP contribution in [0.1, 0.15) is 22.8 Å². The average molecular weight is 525 g/mol. The molecule has 0 aliphatic rings. The van der Waals surface area contributed by atoms with E-state index in [0.29, 0.717) is 42.8 Å². The van der Waals surface area contributed by atoms with Gasteiger partial charge in [0, 0.05) is 21.2 Å². The maximum Gasteiger partial charge on any atom is 0.257 e. The Hall–Kier alpha value is -1.29. The van der Waals surface area contributed by atoms with Gasteiger partial charge in [-0.3, -0.25) is 10.1 Å². The standard InChI is InChI=1S/C17H15Cl2IN2O3S/c1-2-24-14-7-9(16(23)22-17(21)26)6-13(20)15(14)25-8-10-11(18)4-3-5-12(10)19/h3-7H,2,8H2,1H3,(H3,21,22,23,26). The van der Waals surface area contributed by atoms with Crippen molar-refractivity contribution in [2.45, 2.75) is 13.5 Å². The topological polar surface area (TPSA) is 73.6 Å². The van der Waals surface area contributed by atoms with Crippen LogP contribution in [-0.4, -0.2) is 17.6 Å². The highest BCUT2D eigenvalue weighted by atomic mass is 127. The van der Waals surface area contributed by atoms with Gasteiger partial charge in [0.1, 0.15) is 6.61 Å². The van der Waals surface area contributed by atoms with Gasteiger partial charge in [-0.15, -0.1) is 0 Å². The Morgan fingerprint density at radius 3 is 2.50 bits per heavy atom. The molecule has 0 heterocycles. The number of ether oxygens (including phenoxy) is 2. The molecule has 5 nitrogen and oxygen atoms in total. The zero-order valence-corrected chi connectivity index (χ0v) is 18.1. The first-order valence-electron chi connectivity index (χ1n) is 7.46. The first kappa shape index (κ1) is 21.0. The molecule has 0 saturated heterocycles. The van der Waals surface area contributed by atoms with Gasteiger partial charge in [0.25, 0.3) is 5.91 Å². The van der Waals surface area contributed by atoms with Gasteiger partial charge >= 0.3 is 0 Å². The molecule has 0 saturated carbocycles. The molecule has 1 amide bonds. The Balaban J connectivity index is 2.32. The second-order valence-electron chi connectivity index (χ2n) is 5.03. The monoisotopic (exact) mass is 524 g/mol. The largest absolute Gasteiger partial charge is 0.490 e. The van der Waals surface area contributed by atoms with E-state index in [-0.39, 0.29) is 11.7 Å². The molecular weight excluding hydrogens is 510 g/mol. The summed E-state index contributed by atoms with van der Waals surface area (Å²) >= 11 is 19.1. The van der Waals surface area contributed by atoms with Crippen LogP contribution in [0.3, 0.4) is 0 Å². The third kappa shape index (κ3) is 5.35. The van der Waals surface area contributed by atoms with Crippen LogP contribution in [0.15, 0.2) is 30.3 Å². The number of halogens is 3. The highest BCUT2D eigenvalue weighted by Gasteiger charge is 2.17. The quantitative estimate of drug-likeness (QED) is 0.428. The van der Waals surface area contributed by atoms with E-state index in [2.05, 4.69) is 27.9 Å². The molecule has 9 heteroatoms. The number of hydrogen-bond acceptors (Lipinski definition) is 4. The molecule has 3 N–H and O–H groups in total. The third-order valence-corrected chi connectivity index (χ3v) is 4.84. The molecule has 0 bridgehead atoms. The molecule has 0 radical (unpaired) electrons. The SMILES string of the molecule is CCOc1cc(C(=O)NC(N)=S)cc(I)c1OCc1c(Cl)cccc1Cl. The Morgan fingerprint density at radius 2 is 1.92 bits per heavy atom. The van der Waals surface area contributed by atoms with Gasteiger partial charge in [0.2, 0.25) is 0 Å². The first-order chi connectivity index (χ1) is 12.3. The smallest absolute Gasteiger partial charge is 0.257 e. The number of carbonyl (C=O) groups is 1. The minimum Gasteiger partial charge on any atom is -0.490 e. The molecule has 26 heavy (non-hydrogen) atoms. The van der Waals surface area contributed by atoms with Gasteiger partial charge in [-0.05, 0) is 66.0 Å². The summed E-state index contributed by atoms with van der Waals surface area (Å²) in [6.07, 6.45) is 0. The summed E-state index contributed by atoms with van der Waals surface area (Å²) in [6.45, 7) is 2.40. The van der Waals surface area contributed by atoms with Crippen molar-refractivity contribution in [3.8, 4) is 11.5 Å². The van der Waals surface area contributed by atoms with E-state index in [0.717, 1.165) is 0 Å². The highest BCUT2D eigenvalue weighted by Crippen LogP contribution is 2.36. The van der Waals surface area contributed by atoms with Crippen molar-refractivity contribution in [2.75, 3.05) is 6.61 Å². The van der Waals surface area contributed by atoms with Crippen molar-refractivity contribution in [1.29, 1.82) is 0 Å². The first-order valence-corrected chi connectivity index (χ1v) is 9.70. The number of amides is 1. The van der Waals surface area contributed by atoms with Crippen LogP contribution in [0.4, 0.5) is 0 Å². The van der Waals surface area contributed by atoms with Crippen LogP contribution in [0.2, 0.25) is 10.0 Å². The van der Waals surface area contributed by atoms with E-state index in [1.54, 1.807) is 30.3 Å². The van der Waals surface area contributed by atoms with Crippen molar-refractivity contribution >= 4 is 69.0 Å². The second-order valence-corrected chi connectivity index (χ2v) is 7.44. The lowest BCUT2D eigenvalue weighted by Crippen LogP contribution is -2.34. The normalized spacial score (nSPS) is 10.3. The summed E-state index contributed by atoms with van der Waals surface area (Å²) in [5.74, 6) is 0.503. The molecule has 0 unspecified atom stereocenters. The molecule has 0 spiro atoms. The van der Waals surface area contributed by atoms with E-state index < -0.39 is 5.91 Å². The maximum atomic E-state index is 12.1. The number of nitrogens with two attached hydrogens (primary N) is 1. The molecule has 138 valence electrons. The van der Waals surface area contributed by atoms with Gasteiger partial charge in [-0.2, -0.15) is 0 Å². The van der Waals surface area contributed by atoms with Crippen LogP contribution < -0.4 is 20.5 Å². The molecule has 0 fully saturated rings. The van der Waals surface area contributed by atoms with Gasteiger partial charge in [-0.25, -0.2) is 0 Å². The highest BCUT2D eigenvalue weighted by molar-refractivity contribution is 14.1. The number of thiocarbonyl (C=S) groups is 1. The predicted octanol–water partition coefficient (Wildman–Crippen LogP) is 4.55. The maximum absolute atomic E-state index is 12.1. The lowest BCUT2D eigenvalue weighted by molar-refractivity contribution is 0.0977. The van der Waals surface area contributed by atoms with Crippen molar-refractivity contribution in [3.63, 3.8) is 0 Å². The molecule has 0 aromatic heterocycles. The summed E-state index contributed by atoms with van der Waals surface area (Å²) < 4.78 is 12.2. The average Bonchev–Trinajstić information content (AvgIpc) is 2.55. The van der Waals surface area contributed by atoms with Crippen molar-refractivity contribution in [2.24, 2.45) is 5.73 Å². The molecule has 2 aromatic carbocycles. The lowest BCUT2D eigenvalue weighted by Gasteiger charge is -2.16. The Bertz CT molecular complexity index is 829. The third-order valence-electron chi connectivity index (χ3n) is 3.23. The summed E-state index contributed by atoms with van der Waals surface area (Å²) in [6, 6.07) is 8.47. The zero-order valence-electron chi connectivity index (χ0n) is 13.6.